The third-order valence-electron chi connectivity index (χ3n) is 2.77. The highest BCUT2D eigenvalue weighted by atomic mass is 35.5. The lowest BCUT2D eigenvalue weighted by molar-refractivity contribution is 0.853. The van der Waals surface area contributed by atoms with Crippen molar-refractivity contribution < 1.29 is 0 Å². The molecule has 0 radical (unpaired) electrons. The van der Waals surface area contributed by atoms with Crippen LogP contribution in [0.25, 0.3) is 0 Å². The van der Waals surface area contributed by atoms with Crippen molar-refractivity contribution in [3.8, 4) is 0 Å². The van der Waals surface area contributed by atoms with Gasteiger partial charge in [0.1, 0.15) is 11.0 Å². The topological polar surface area (TPSA) is 37.8 Å². The maximum atomic E-state index is 5.99. The molecule has 2 heterocycles. The third-order valence-corrected chi connectivity index (χ3v) is 4.49. The van der Waals surface area contributed by atoms with Crippen molar-refractivity contribution in [1.82, 2.24) is 9.97 Å². The lowest BCUT2D eigenvalue weighted by Crippen LogP contribution is -2.08. The minimum absolute atomic E-state index is 0.200. The number of aryl methyl sites for hydroxylation is 2. The predicted octanol–water partition coefficient (Wildman–Crippen LogP) is 4.70. The van der Waals surface area contributed by atoms with Gasteiger partial charge in [0.05, 0.1) is 6.04 Å². The molecule has 0 aromatic carbocycles. The van der Waals surface area contributed by atoms with Crippen molar-refractivity contribution >= 4 is 40.5 Å². The Morgan fingerprint density at radius 2 is 2.05 bits per heavy atom. The number of thioether (sulfide) groups is 1. The molecule has 2 rings (SSSR count). The highest BCUT2D eigenvalue weighted by Crippen LogP contribution is 2.29. The van der Waals surface area contributed by atoms with E-state index >= 15 is 0 Å². The van der Waals surface area contributed by atoms with E-state index in [1.54, 1.807) is 6.07 Å². The number of nitrogens with zero attached hydrogens (tertiary/aromatic N) is 2. The fraction of sp³-hybridized carbons (Fsp3) is 0.385. The molecule has 0 spiro atoms. The van der Waals surface area contributed by atoms with Crippen LogP contribution in [0.4, 0.5) is 5.82 Å². The normalized spacial score (nSPS) is 12.5. The maximum absolute atomic E-state index is 5.99. The number of anilines is 1. The molecule has 0 bridgehead atoms. The zero-order valence-electron chi connectivity index (χ0n) is 11.3. The molecule has 1 N–H and O–H groups in total. The average molecular weight is 314 g/mol. The Morgan fingerprint density at radius 1 is 1.32 bits per heavy atom. The zero-order valence-corrected chi connectivity index (χ0v) is 13.7. The monoisotopic (exact) mass is 313 g/mol. The summed E-state index contributed by atoms with van der Waals surface area (Å²) in [6, 6.07) is 4.17. The second-order valence-electron chi connectivity index (χ2n) is 4.30. The van der Waals surface area contributed by atoms with E-state index in [2.05, 4.69) is 42.1 Å². The van der Waals surface area contributed by atoms with Gasteiger partial charge in [0, 0.05) is 15.8 Å². The molecule has 102 valence electrons. The minimum atomic E-state index is 0.200. The average Bonchev–Trinajstić information content (AvgIpc) is 2.67. The van der Waals surface area contributed by atoms with Gasteiger partial charge in [-0.05, 0) is 38.7 Å². The molecule has 19 heavy (non-hydrogen) atoms. The Morgan fingerprint density at radius 3 is 2.63 bits per heavy atom. The zero-order chi connectivity index (χ0) is 14.0. The first kappa shape index (κ1) is 14.6. The molecule has 1 atom stereocenters. The smallest absolute Gasteiger partial charge is 0.190 e. The van der Waals surface area contributed by atoms with E-state index in [1.165, 1.54) is 27.1 Å². The van der Waals surface area contributed by atoms with Gasteiger partial charge in [-0.2, -0.15) is 0 Å². The molecule has 6 heteroatoms. The third kappa shape index (κ3) is 3.61. The standard InChI is InChI=1S/C13H16ClN3S2/c1-7-5-10(9(3)19-7)8(2)15-12-6-11(14)16-13(17-12)18-4/h5-6,8H,1-4H3,(H,15,16,17). The van der Waals surface area contributed by atoms with Crippen LogP contribution >= 0.6 is 34.7 Å². The molecule has 1 unspecified atom stereocenters. The van der Waals surface area contributed by atoms with Crippen molar-refractivity contribution in [2.45, 2.75) is 32.0 Å². The van der Waals surface area contributed by atoms with E-state index in [9.17, 15) is 0 Å². The van der Waals surface area contributed by atoms with Gasteiger partial charge in [0.2, 0.25) is 0 Å². The molecule has 0 amide bonds. The second kappa shape index (κ2) is 6.11. The minimum Gasteiger partial charge on any atom is -0.363 e. The Kier molecular flexibility index (Phi) is 4.71. The second-order valence-corrected chi connectivity index (χ2v) is 6.92. The van der Waals surface area contributed by atoms with Crippen molar-refractivity contribution in [2.75, 3.05) is 11.6 Å². The Bertz CT molecular complexity index is 583. The number of thiophene rings is 1. The molecule has 0 saturated heterocycles. The van der Waals surface area contributed by atoms with Gasteiger partial charge >= 0.3 is 0 Å². The van der Waals surface area contributed by atoms with E-state index in [4.69, 9.17) is 11.6 Å². The van der Waals surface area contributed by atoms with Crippen LogP contribution < -0.4 is 5.32 Å². The van der Waals surface area contributed by atoms with Crippen LogP contribution in [-0.4, -0.2) is 16.2 Å². The summed E-state index contributed by atoms with van der Waals surface area (Å²) >= 11 is 9.29. The molecule has 3 nitrogen and oxygen atoms in total. The van der Waals surface area contributed by atoms with Gasteiger partial charge in [0.25, 0.3) is 0 Å². The van der Waals surface area contributed by atoms with Crippen LogP contribution in [0.3, 0.4) is 0 Å². The largest absolute Gasteiger partial charge is 0.363 e. The van der Waals surface area contributed by atoms with Crippen LogP contribution in [0.1, 0.15) is 28.3 Å². The van der Waals surface area contributed by atoms with E-state index in [0.717, 1.165) is 5.82 Å². The maximum Gasteiger partial charge on any atom is 0.190 e. The quantitative estimate of drug-likeness (QED) is 0.504. The summed E-state index contributed by atoms with van der Waals surface area (Å²) in [6.07, 6.45) is 1.94. The molecule has 2 aromatic rings. The number of rotatable bonds is 4. The van der Waals surface area contributed by atoms with Crippen molar-refractivity contribution in [3.05, 3.63) is 32.6 Å². The highest BCUT2D eigenvalue weighted by molar-refractivity contribution is 7.98. The number of hydrogen-bond donors (Lipinski definition) is 1. The Labute approximate surface area is 126 Å². The summed E-state index contributed by atoms with van der Waals surface area (Å²) in [7, 11) is 0. The van der Waals surface area contributed by atoms with Gasteiger partial charge in [-0.15, -0.1) is 11.3 Å². The van der Waals surface area contributed by atoms with Crippen LogP contribution in [0.2, 0.25) is 5.15 Å². The molecule has 0 aliphatic rings. The molecular formula is C13H16ClN3S2. The lowest BCUT2D eigenvalue weighted by Gasteiger charge is -2.15. The fourth-order valence-corrected chi connectivity index (χ4v) is 3.58. The number of nitrogens with one attached hydrogen (secondary N) is 1. The fourth-order valence-electron chi connectivity index (χ4n) is 1.94. The van der Waals surface area contributed by atoms with Crippen molar-refractivity contribution in [1.29, 1.82) is 0 Å². The molecule has 0 aliphatic heterocycles. The molecule has 0 fully saturated rings. The Balaban J connectivity index is 2.21. The van der Waals surface area contributed by atoms with Gasteiger partial charge in [-0.25, -0.2) is 9.97 Å². The molecule has 0 saturated carbocycles. The summed E-state index contributed by atoms with van der Waals surface area (Å²) in [5.41, 5.74) is 1.31. The van der Waals surface area contributed by atoms with Gasteiger partial charge in [0.15, 0.2) is 5.16 Å². The molecular weight excluding hydrogens is 298 g/mol. The van der Waals surface area contributed by atoms with Gasteiger partial charge in [-0.1, -0.05) is 23.4 Å². The first-order chi connectivity index (χ1) is 8.99. The number of hydrogen-bond acceptors (Lipinski definition) is 5. The van der Waals surface area contributed by atoms with Crippen molar-refractivity contribution in [2.24, 2.45) is 0 Å². The van der Waals surface area contributed by atoms with Crippen molar-refractivity contribution in [3.63, 3.8) is 0 Å². The van der Waals surface area contributed by atoms with Crippen LogP contribution in [0, 0.1) is 13.8 Å². The van der Waals surface area contributed by atoms with Gasteiger partial charge < -0.3 is 5.32 Å². The first-order valence-electron chi connectivity index (χ1n) is 5.91. The first-order valence-corrected chi connectivity index (χ1v) is 8.33. The van der Waals surface area contributed by atoms with Gasteiger partial charge in [-0.3, -0.25) is 0 Å². The highest BCUT2D eigenvalue weighted by Gasteiger charge is 2.12. The number of halogens is 1. The van der Waals surface area contributed by atoms with E-state index < -0.39 is 0 Å². The Hall–Kier alpha value is -0.780. The van der Waals surface area contributed by atoms with Crippen LogP contribution in [0.15, 0.2) is 17.3 Å². The SMILES string of the molecule is CSc1nc(Cl)cc(NC(C)c2cc(C)sc2C)n1. The summed E-state index contributed by atoms with van der Waals surface area (Å²) in [5, 5.41) is 4.53. The van der Waals surface area contributed by atoms with E-state index in [-0.39, 0.29) is 6.04 Å². The summed E-state index contributed by atoms with van der Waals surface area (Å²) < 4.78 is 0. The van der Waals surface area contributed by atoms with Crippen LogP contribution in [0.5, 0.6) is 0 Å². The van der Waals surface area contributed by atoms with Crippen LogP contribution in [-0.2, 0) is 0 Å². The van der Waals surface area contributed by atoms with E-state index in [0.29, 0.717) is 10.3 Å². The lowest BCUT2D eigenvalue weighted by atomic mass is 10.1. The summed E-state index contributed by atoms with van der Waals surface area (Å²) in [5.74, 6) is 0.764. The van der Waals surface area contributed by atoms with E-state index in [1.807, 2.05) is 17.6 Å². The molecule has 0 aliphatic carbocycles. The summed E-state index contributed by atoms with van der Waals surface area (Å²) in [6.45, 7) is 6.40. The number of aromatic nitrogens is 2. The molecule has 2 aromatic heterocycles. The predicted molar refractivity (Wildman–Crippen MR) is 84.7 cm³/mol. The summed E-state index contributed by atoms with van der Waals surface area (Å²) in [4.78, 5) is 11.2.